The van der Waals surface area contributed by atoms with Crippen molar-refractivity contribution in [1.29, 1.82) is 0 Å². The van der Waals surface area contributed by atoms with E-state index < -0.39 is 0 Å². The maximum Gasteiger partial charge on any atom is 0.270 e. The first-order chi connectivity index (χ1) is 11.2. The van der Waals surface area contributed by atoms with Gasteiger partial charge in [0.1, 0.15) is 5.69 Å². The predicted octanol–water partition coefficient (Wildman–Crippen LogP) is 1.15. The highest BCUT2D eigenvalue weighted by Gasteiger charge is 2.46. The molecule has 1 aromatic rings. The molecule has 0 aromatic carbocycles. The Balaban J connectivity index is 1.31. The molecule has 0 radical (unpaired) electrons. The van der Waals surface area contributed by atoms with Crippen molar-refractivity contribution in [2.24, 2.45) is 17.8 Å². The number of carbonyl (C=O) groups is 2. The number of amides is 2. The number of thiazole rings is 1. The topological polar surface area (TPSA) is 71.5 Å². The fraction of sp³-hybridized carbons (Fsp3) is 0.688. The van der Waals surface area contributed by atoms with E-state index in [0.717, 1.165) is 25.9 Å². The molecular formula is C16H21N3O3S. The molecule has 1 aromatic heterocycles. The fourth-order valence-electron chi connectivity index (χ4n) is 3.74. The summed E-state index contributed by atoms with van der Waals surface area (Å²) >= 11 is 1.41. The molecule has 3 fully saturated rings. The maximum absolute atomic E-state index is 12.4. The lowest BCUT2D eigenvalue weighted by molar-refractivity contribution is -0.137. The first-order valence-electron chi connectivity index (χ1n) is 8.29. The highest BCUT2D eigenvalue weighted by atomic mass is 32.1. The van der Waals surface area contributed by atoms with Crippen LogP contribution in [-0.2, 0) is 9.53 Å². The average molecular weight is 335 g/mol. The Morgan fingerprint density at radius 2 is 2.26 bits per heavy atom. The van der Waals surface area contributed by atoms with Crippen LogP contribution in [0, 0.1) is 17.8 Å². The molecule has 0 spiro atoms. The molecule has 0 bridgehead atoms. The van der Waals surface area contributed by atoms with Crippen LogP contribution in [0.2, 0.25) is 0 Å². The fourth-order valence-corrected chi connectivity index (χ4v) is 4.27. The van der Waals surface area contributed by atoms with Crippen molar-refractivity contribution >= 4 is 23.2 Å². The first kappa shape index (κ1) is 15.1. The molecule has 3 aliphatic rings. The number of ether oxygens (including phenoxy) is 1. The van der Waals surface area contributed by atoms with E-state index in [0.29, 0.717) is 30.7 Å². The lowest BCUT2D eigenvalue weighted by Gasteiger charge is -2.29. The number of carbonyl (C=O) groups excluding carboxylic acids is 2. The summed E-state index contributed by atoms with van der Waals surface area (Å²) < 4.78 is 5.87. The molecule has 1 saturated carbocycles. The zero-order chi connectivity index (χ0) is 15.8. The second kappa shape index (κ2) is 6.20. The maximum atomic E-state index is 12.4. The van der Waals surface area contributed by atoms with Crippen LogP contribution < -0.4 is 5.32 Å². The van der Waals surface area contributed by atoms with E-state index in [9.17, 15) is 9.59 Å². The van der Waals surface area contributed by atoms with Crippen molar-refractivity contribution in [1.82, 2.24) is 15.2 Å². The van der Waals surface area contributed by atoms with Crippen LogP contribution in [-0.4, -0.2) is 54.0 Å². The van der Waals surface area contributed by atoms with E-state index in [4.69, 9.17) is 4.74 Å². The normalized spacial score (nSPS) is 30.1. The third kappa shape index (κ3) is 2.87. The highest BCUT2D eigenvalue weighted by Crippen LogP contribution is 2.36. The lowest BCUT2D eigenvalue weighted by Crippen LogP contribution is -2.39. The summed E-state index contributed by atoms with van der Waals surface area (Å²) in [6, 6.07) is 0. The van der Waals surface area contributed by atoms with Gasteiger partial charge in [0.05, 0.1) is 18.2 Å². The molecule has 3 atom stereocenters. The third-order valence-corrected chi connectivity index (χ3v) is 5.98. The second-order valence-corrected chi connectivity index (χ2v) is 7.47. The SMILES string of the molecule is O=C(NC[C@H]1CO[C@@H]2CN(C(=O)C3CCC3)C[C@H]12)c1cscn1. The first-order valence-corrected chi connectivity index (χ1v) is 9.23. The average Bonchev–Trinajstić information content (AvgIpc) is 3.20. The second-order valence-electron chi connectivity index (χ2n) is 6.75. The Kier molecular flexibility index (Phi) is 4.07. The van der Waals surface area contributed by atoms with Gasteiger partial charge in [0, 0.05) is 42.8 Å². The number of rotatable bonds is 4. The summed E-state index contributed by atoms with van der Waals surface area (Å²) in [6.07, 6.45) is 3.40. The van der Waals surface area contributed by atoms with Crippen molar-refractivity contribution in [3.8, 4) is 0 Å². The van der Waals surface area contributed by atoms with E-state index in [-0.39, 0.29) is 23.8 Å². The van der Waals surface area contributed by atoms with Gasteiger partial charge in [-0.2, -0.15) is 0 Å². The van der Waals surface area contributed by atoms with Gasteiger partial charge in [-0.05, 0) is 12.8 Å². The quantitative estimate of drug-likeness (QED) is 0.896. The van der Waals surface area contributed by atoms with Crippen LogP contribution in [0.4, 0.5) is 0 Å². The number of hydrogen-bond acceptors (Lipinski definition) is 5. The van der Waals surface area contributed by atoms with Crippen LogP contribution >= 0.6 is 11.3 Å². The Hall–Kier alpha value is -1.47. The van der Waals surface area contributed by atoms with E-state index in [1.165, 1.54) is 17.8 Å². The minimum Gasteiger partial charge on any atom is -0.376 e. The van der Waals surface area contributed by atoms with Gasteiger partial charge in [0.25, 0.3) is 5.91 Å². The van der Waals surface area contributed by atoms with Gasteiger partial charge < -0.3 is 15.0 Å². The number of likely N-dealkylation sites (tertiary alicyclic amines) is 1. The molecule has 3 heterocycles. The van der Waals surface area contributed by atoms with Gasteiger partial charge in [0.15, 0.2) is 0 Å². The van der Waals surface area contributed by atoms with E-state index in [1.807, 2.05) is 4.90 Å². The van der Waals surface area contributed by atoms with Crippen molar-refractivity contribution in [3.63, 3.8) is 0 Å². The van der Waals surface area contributed by atoms with Gasteiger partial charge in [-0.1, -0.05) is 6.42 Å². The Labute approximate surface area is 139 Å². The molecule has 2 amide bonds. The zero-order valence-corrected chi connectivity index (χ0v) is 13.8. The van der Waals surface area contributed by atoms with Crippen LogP contribution in [0.15, 0.2) is 10.9 Å². The van der Waals surface area contributed by atoms with Crippen LogP contribution in [0.5, 0.6) is 0 Å². The van der Waals surface area contributed by atoms with Crippen LogP contribution in [0.1, 0.15) is 29.8 Å². The number of nitrogens with zero attached hydrogens (tertiary/aromatic N) is 2. The van der Waals surface area contributed by atoms with E-state index in [1.54, 1.807) is 10.9 Å². The van der Waals surface area contributed by atoms with Crippen molar-refractivity contribution in [3.05, 3.63) is 16.6 Å². The summed E-state index contributed by atoms with van der Waals surface area (Å²) in [5.41, 5.74) is 2.13. The van der Waals surface area contributed by atoms with Gasteiger partial charge in [-0.15, -0.1) is 11.3 Å². The van der Waals surface area contributed by atoms with Gasteiger partial charge in [-0.25, -0.2) is 4.98 Å². The number of fused-ring (bicyclic) bond motifs is 1. The number of nitrogens with one attached hydrogen (secondary N) is 1. The summed E-state index contributed by atoms with van der Waals surface area (Å²) in [6.45, 7) is 2.74. The molecule has 1 N–H and O–H groups in total. The number of hydrogen-bond donors (Lipinski definition) is 1. The summed E-state index contributed by atoms with van der Waals surface area (Å²) in [4.78, 5) is 30.4. The van der Waals surface area contributed by atoms with Crippen molar-refractivity contribution in [2.45, 2.75) is 25.4 Å². The molecule has 124 valence electrons. The van der Waals surface area contributed by atoms with Crippen LogP contribution in [0.25, 0.3) is 0 Å². The molecular weight excluding hydrogens is 314 g/mol. The van der Waals surface area contributed by atoms with Crippen molar-refractivity contribution < 1.29 is 14.3 Å². The predicted molar refractivity (Wildman–Crippen MR) is 85.1 cm³/mol. The molecule has 2 saturated heterocycles. The molecule has 4 rings (SSSR count). The van der Waals surface area contributed by atoms with Crippen LogP contribution in [0.3, 0.4) is 0 Å². The van der Waals surface area contributed by atoms with Crippen molar-refractivity contribution in [2.75, 3.05) is 26.2 Å². The minimum absolute atomic E-state index is 0.130. The lowest BCUT2D eigenvalue weighted by atomic mass is 9.84. The standard InChI is InChI=1S/C16H21N3O3S/c20-15(13-8-23-9-18-13)17-4-11-7-22-14-6-19(5-12(11)14)16(21)10-2-1-3-10/h8-12,14H,1-7H2,(H,17,20)/t11-,12+,14+/m0/s1. The summed E-state index contributed by atoms with van der Waals surface area (Å²) in [7, 11) is 0. The monoisotopic (exact) mass is 335 g/mol. The van der Waals surface area contributed by atoms with Gasteiger partial charge >= 0.3 is 0 Å². The highest BCUT2D eigenvalue weighted by molar-refractivity contribution is 7.07. The van der Waals surface area contributed by atoms with E-state index >= 15 is 0 Å². The molecule has 1 aliphatic carbocycles. The molecule has 6 nitrogen and oxygen atoms in total. The largest absolute Gasteiger partial charge is 0.376 e. The minimum atomic E-state index is -0.130. The molecule has 23 heavy (non-hydrogen) atoms. The zero-order valence-electron chi connectivity index (χ0n) is 12.9. The number of aromatic nitrogens is 1. The third-order valence-electron chi connectivity index (χ3n) is 5.39. The van der Waals surface area contributed by atoms with Gasteiger partial charge in [-0.3, -0.25) is 9.59 Å². The molecule has 2 aliphatic heterocycles. The summed E-state index contributed by atoms with van der Waals surface area (Å²) in [5, 5.41) is 4.70. The van der Waals surface area contributed by atoms with Gasteiger partial charge in [0.2, 0.25) is 5.91 Å². The van der Waals surface area contributed by atoms with E-state index in [2.05, 4.69) is 10.3 Å². The molecule has 0 unspecified atom stereocenters. The Morgan fingerprint density at radius 1 is 1.39 bits per heavy atom. The molecule has 7 heteroatoms. The Morgan fingerprint density at radius 3 is 2.96 bits per heavy atom. The Bertz CT molecular complexity index is 587. The smallest absolute Gasteiger partial charge is 0.270 e. The summed E-state index contributed by atoms with van der Waals surface area (Å²) in [5.74, 6) is 1.04.